The molecule has 0 aliphatic carbocycles. The maximum Gasteiger partial charge on any atom is 0.357 e. The lowest BCUT2D eigenvalue weighted by Gasteiger charge is -2.49. The van der Waals surface area contributed by atoms with Crippen molar-refractivity contribution < 1.29 is 52.2 Å². The summed E-state index contributed by atoms with van der Waals surface area (Å²) in [7, 11) is 3.06. The van der Waals surface area contributed by atoms with Crippen LogP contribution in [0.3, 0.4) is 0 Å². The minimum Gasteiger partial charge on any atom is -0.614 e. The summed E-state index contributed by atoms with van der Waals surface area (Å²) in [5.74, 6) is -2.78. The lowest BCUT2D eigenvalue weighted by molar-refractivity contribution is -0.153. The van der Waals surface area contributed by atoms with Crippen molar-refractivity contribution in [3.05, 3.63) is 136 Å². The van der Waals surface area contributed by atoms with E-state index < -0.39 is 58.9 Å². The SMILES string of the molecule is COc1ccc(COC(=O)C2=C(COC(=O)c3cccc(C(=O)OCc4ccc(OC)cc4)n3)C[S+]([O-])[C@@H]3[C@H](NC(=O)Cc4ccccc4)C(=O)N23)cc1. The molecule has 0 radical (unpaired) electrons. The molecule has 54 heavy (non-hydrogen) atoms. The van der Waals surface area contributed by atoms with Crippen LogP contribution in [-0.4, -0.2) is 82.2 Å². The van der Waals surface area contributed by atoms with E-state index in [0.29, 0.717) is 22.6 Å². The van der Waals surface area contributed by atoms with Gasteiger partial charge in [0.2, 0.25) is 11.3 Å². The molecule has 3 atom stereocenters. The lowest BCUT2D eigenvalue weighted by Crippen LogP contribution is -2.75. The molecule has 6 rings (SSSR count). The van der Waals surface area contributed by atoms with Gasteiger partial charge in [0.25, 0.3) is 5.91 Å². The molecule has 1 unspecified atom stereocenters. The predicted molar refractivity (Wildman–Crippen MR) is 192 cm³/mol. The molecular formula is C39H35N3O11S. The van der Waals surface area contributed by atoms with Gasteiger partial charge in [0.05, 0.1) is 20.6 Å². The third-order valence-corrected chi connectivity index (χ3v) is 10.2. The maximum atomic E-state index is 13.7. The Morgan fingerprint density at radius 1 is 0.722 bits per heavy atom. The summed E-state index contributed by atoms with van der Waals surface area (Å²) in [6.07, 6.45) is -0.00654. The van der Waals surface area contributed by atoms with Crippen molar-refractivity contribution in [2.45, 2.75) is 31.1 Å². The van der Waals surface area contributed by atoms with Crippen LogP contribution in [0.4, 0.5) is 0 Å². The second-order valence-electron chi connectivity index (χ2n) is 12.1. The number of benzene rings is 3. The molecule has 278 valence electrons. The molecule has 2 aliphatic heterocycles. The number of rotatable bonds is 14. The number of amides is 2. The number of ether oxygens (including phenoxy) is 5. The Balaban J connectivity index is 1.16. The van der Waals surface area contributed by atoms with Gasteiger partial charge in [-0.15, -0.1) is 0 Å². The van der Waals surface area contributed by atoms with Crippen LogP contribution in [0.5, 0.6) is 11.5 Å². The number of aromatic nitrogens is 1. The molecule has 0 bridgehead atoms. The van der Waals surface area contributed by atoms with Crippen LogP contribution in [0.15, 0.2) is 108 Å². The summed E-state index contributed by atoms with van der Waals surface area (Å²) >= 11 is -1.81. The largest absolute Gasteiger partial charge is 0.614 e. The number of pyridine rings is 1. The van der Waals surface area contributed by atoms with E-state index in [4.69, 9.17) is 23.7 Å². The van der Waals surface area contributed by atoms with Gasteiger partial charge < -0.3 is 33.6 Å². The fourth-order valence-corrected chi connectivity index (χ4v) is 7.40. The van der Waals surface area contributed by atoms with E-state index in [1.54, 1.807) is 79.9 Å². The summed E-state index contributed by atoms with van der Waals surface area (Å²) in [6.45, 7) is -0.764. The Morgan fingerprint density at radius 3 is 1.81 bits per heavy atom. The fourth-order valence-electron chi connectivity index (χ4n) is 5.73. The quantitative estimate of drug-likeness (QED) is 0.0860. The standard InChI is InChI=1S/C39H35N3O11S/c1-49-28-15-11-25(12-16-28)20-51-37(45)30-9-6-10-31(40-30)38(46)53-22-27-23-54(48)36-33(41-32(43)19-24-7-4-3-5-8-24)35(44)42(36)34(27)39(47)52-21-26-13-17-29(50-2)18-14-26/h3-18,33,36H,19-23H2,1-2H3,(H,41,43)/t33-,36-,54?/m1/s1. The Morgan fingerprint density at radius 2 is 1.26 bits per heavy atom. The van der Waals surface area contributed by atoms with E-state index in [1.807, 2.05) is 6.07 Å². The normalized spacial score (nSPS) is 17.4. The molecule has 3 aromatic carbocycles. The lowest BCUT2D eigenvalue weighted by atomic mass is 10.0. The van der Waals surface area contributed by atoms with Gasteiger partial charge in [-0.05, 0) is 64.3 Å². The molecule has 0 spiro atoms. The highest BCUT2D eigenvalue weighted by molar-refractivity contribution is 7.92. The minimum atomic E-state index is -1.81. The molecule has 2 aliphatic rings. The zero-order chi connectivity index (χ0) is 38.2. The second-order valence-corrected chi connectivity index (χ2v) is 13.6. The van der Waals surface area contributed by atoms with E-state index in [0.717, 1.165) is 10.5 Å². The number of hydrogen-bond donors (Lipinski definition) is 1. The van der Waals surface area contributed by atoms with Gasteiger partial charge in [0, 0.05) is 5.57 Å². The first-order chi connectivity index (χ1) is 26.1. The Bertz CT molecular complexity index is 2060. The van der Waals surface area contributed by atoms with Crippen molar-refractivity contribution in [2.24, 2.45) is 0 Å². The second kappa shape index (κ2) is 17.1. The van der Waals surface area contributed by atoms with Crippen LogP contribution in [-0.2, 0) is 59.4 Å². The van der Waals surface area contributed by atoms with Crippen LogP contribution in [0.1, 0.15) is 37.7 Å². The summed E-state index contributed by atoms with van der Waals surface area (Å²) in [5.41, 5.74) is 1.52. The first kappa shape index (κ1) is 37.6. The van der Waals surface area contributed by atoms with Gasteiger partial charge in [0.15, 0.2) is 6.04 Å². The Labute approximate surface area is 313 Å². The molecule has 1 fully saturated rings. The highest BCUT2D eigenvalue weighted by Crippen LogP contribution is 2.37. The number of methoxy groups -OCH3 is 2. The summed E-state index contributed by atoms with van der Waals surface area (Å²) in [5, 5.41) is 1.60. The predicted octanol–water partition coefficient (Wildman–Crippen LogP) is 3.27. The first-order valence-corrected chi connectivity index (χ1v) is 18.0. The molecule has 2 amide bonds. The van der Waals surface area contributed by atoms with Crippen LogP contribution in [0, 0.1) is 0 Å². The zero-order valence-electron chi connectivity index (χ0n) is 29.2. The number of esters is 3. The van der Waals surface area contributed by atoms with Gasteiger partial charge in [-0.25, -0.2) is 19.4 Å². The molecule has 1 N–H and O–H groups in total. The van der Waals surface area contributed by atoms with E-state index in [-0.39, 0.29) is 48.0 Å². The summed E-state index contributed by atoms with van der Waals surface area (Å²) in [6, 6.07) is 25.6. The number of β-lactam (4-membered cyclic amide) rings is 1. The third-order valence-electron chi connectivity index (χ3n) is 8.52. The smallest absolute Gasteiger partial charge is 0.357 e. The number of nitrogens with zero attached hydrogens (tertiary/aromatic N) is 2. The van der Waals surface area contributed by atoms with Gasteiger partial charge in [0.1, 0.15) is 54.2 Å². The van der Waals surface area contributed by atoms with Gasteiger partial charge in [-0.1, -0.05) is 60.7 Å². The van der Waals surface area contributed by atoms with Crippen molar-refractivity contribution >= 4 is 40.9 Å². The van der Waals surface area contributed by atoms with Crippen LogP contribution < -0.4 is 14.8 Å². The van der Waals surface area contributed by atoms with Crippen molar-refractivity contribution in [1.82, 2.24) is 15.2 Å². The Kier molecular flexibility index (Phi) is 11.9. The van der Waals surface area contributed by atoms with Crippen molar-refractivity contribution in [2.75, 3.05) is 26.6 Å². The Hall–Kier alpha value is -6.19. The zero-order valence-corrected chi connectivity index (χ0v) is 30.0. The topological polar surface area (TPSA) is 183 Å². The van der Waals surface area contributed by atoms with E-state index >= 15 is 0 Å². The number of carbonyl (C=O) groups is 5. The number of carbonyl (C=O) groups excluding carboxylic acids is 5. The molecular weight excluding hydrogens is 719 g/mol. The van der Waals surface area contributed by atoms with Gasteiger partial charge in [-0.3, -0.25) is 14.5 Å². The van der Waals surface area contributed by atoms with Gasteiger partial charge in [-0.2, -0.15) is 0 Å². The van der Waals surface area contributed by atoms with E-state index in [9.17, 15) is 28.5 Å². The fraction of sp³-hybridized carbons (Fsp3) is 0.231. The van der Waals surface area contributed by atoms with Crippen LogP contribution in [0.25, 0.3) is 0 Å². The molecule has 3 heterocycles. The molecule has 1 saturated heterocycles. The number of nitrogens with one attached hydrogen (secondary N) is 1. The van der Waals surface area contributed by atoms with Crippen molar-refractivity contribution in [1.29, 1.82) is 0 Å². The van der Waals surface area contributed by atoms with Crippen LogP contribution >= 0.6 is 0 Å². The minimum absolute atomic E-state index is 0.00654. The molecule has 4 aromatic rings. The van der Waals surface area contributed by atoms with Crippen molar-refractivity contribution in [3.8, 4) is 11.5 Å². The van der Waals surface area contributed by atoms with E-state index in [2.05, 4.69) is 10.3 Å². The van der Waals surface area contributed by atoms with E-state index in [1.165, 1.54) is 25.3 Å². The average Bonchev–Trinajstić information content (AvgIpc) is 3.20. The first-order valence-electron chi connectivity index (χ1n) is 16.6. The molecule has 14 nitrogen and oxygen atoms in total. The average molecular weight is 754 g/mol. The third kappa shape index (κ3) is 8.70. The molecule has 0 saturated carbocycles. The summed E-state index contributed by atoms with van der Waals surface area (Å²) in [4.78, 5) is 71.0. The highest BCUT2D eigenvalue weighted by Gasteiger charge is 2.61. The van der Waals surface area contributed by atoms with Crippen LogP contribution in [0.2, 0.25) is 0 Å². The summed E-state index contributed by atoms with van der Waals surface area (Å²) < 4.78 is 40.3. The number of hydrogen-bond acceptors (Lipinski definition) is 12. The molecule has 1 aromatic heterocycles. The maximum absolute atomic E-state index is 13.7. The molecule has 15 heteroatoms. The van der Waals surface area contributed by atoms with Gasteiger partial charge >= 0.3 is 17.9 Å². The number of fused-ring (bicyclic) bond motifs is 1. The van der Waals surface area contributed by atoms with Crippen molar-refractivity contribution in [3.63, 3.8) is 0 Å². The highest BCUT2D eigenvalue weighted by atomic mass is 32.2. The monoisotopic (exact) mass is 753 g/mol.